The number of nitrogens with two attached hydrogens (primary N) is 1. The van der Waals surface area contributed by atoms with Crippen LogP contribution >= 0.6 is 0 Å². The minimum absolute atomic E-state index is 0.0792. The summed E-state index contributed by atoms with van der Waals surface area (Å²) >= 11 is 0. The lowest BCUT2D eigenvalue weighted by atomic mass is 10.2. The molecule has 0 saturated heterocycles. The minimum Gasteiger partial charge on any atom is -0.364 e. The molecule has 0 bridgehead atoms. The third-order valence-electron chi connectivity index (χ3n) is 2.41. The number of primary amides is 1. The zero-order chi connectivity index (χ0) is 13.8. The SMILES string of the molecule is NC(=O)c1nn(-c2ccccc2)cc1COC(F)F. The van der Waals surface area contributed by atoms with E-state index in [-0.39, 0.29) is 11.3 Å². The lowest BCUT2D eigenvalue weighted by Gasteiger charge is -2.00. The van der Waals surface area contributed by atoms with E-state index in [4.69, 9.17) is 5.73 Å². The molecule has 0 unspecified atom stereocenters. The molecule has 0 spiro atoms. The van der Waals surface area contributed by atoms with E-state index < -0.39 is 19.1 Å². The van der Waals surface area contributed by atoms with Crippen molar-refractivity contribution in [2.75, 3.05) is 0 Å². The molecule has 2 N–H and O–H groups in total. The normalized spacial score (nSPS) is 10.9. The number of alkyl halides is 2. The average Bonchev–Trinajstić information content (AvgIpc) is 2.81. The van der Waals surface area contributed by atoms with Gasteiger partial charge in [0.25, 0.3) is 5.91 Å². The topological polar surface area (TPSA) is 70.1 Å². The van der Waals surface area contributed by atoms with Gasteiger partial charge in [-0.2, -0.15) is 13.9 Å². The summed E-state index contributed by atoms with van der Waals surface area (Å²) in [7, 11) is 0. The first-order chi connectivity index (χ1) is 9.08. The number of nitrogens with zero attached hydrogens (tertiary/aromatic N) is 2. The molecular formula is C12H11F2N3O2. The third kappa shape index (κ3) is 3.14. The van der Waals surface area contributed by atoms with Crippen molar-refractivity contribution in [1.82, 2.24) is 9.78 Å². The average molecular weight is 267 g/mol. The third-order valence-corrected chi connectivity index (χ3v) is 2.41. The number of carbonyl (C=O) groups excluding carboxylic acids is 1. The quantitative estimate of drug-likeness (QED) is 0.896. The Balaban J connectivity index is 2.32. The number of aromatic nitrogens is 2. The Kier molecular flexibility index (Phi) is 3.86. The zero-order valence-electron chi connectivity index (χ0n) is 9.79. The summed E-state index contributed by atoms with van der Waals surface area (Å²) in [5.74, 6) is -0.789. The van der Waals surface area contributed by atoms with Gasteiger partial charge in [0.1, 0.15) is 0 Å². The molecule has 0 aliphatic heterocycles. The van der Waals surface area contributed by atoms with E-state index in [0.29, 0.717) is 5.69 Å². The Morgan fingerprint density at radius 1 is 1.37 bits per heavy atom. The van der Waals surface area contributed by atoms with Crippen molar-refractivity contribution < 1.29 is 18.3 Å². The van der Waals surface area contributed by atoms with Crippen LogP contribution in [0.5, 0.6) is 0 Å². The lowest BCUT2D eigenvalue weighted by molar-refractivity contribution is -0.137. The van der Waals surface area contributed by atoms with Gasteiger partial charge in [-0.05, 0) is 12.1 Å². The highest BCUT2D eigenvalue weighted by Crippen LogP contribution is 2.14. The van der Waals surface area contributed by atoms with Crippen molar-refractivity contribution in [2.45, 2.75) is 13.2 Å². The second-order valence-corrected chi connectivity index (χ2v) is 3.72. The van der Waals surface area contributed by atoms with Gasteiger partial charge in [0.05, 0.1) is 12.3 Å². The number of amides is 1. The van der Waals surface area contributed by atoms with Gasteiger partial charge in [0.15, 0.2) is 5.69 Å². The molecule has 1 aromatic heterocycles. The van der Waals surface area contributed by atoms with Crippen LogP contribution in [0.2, 0.25) is 0 Å². The maximum atomic E-state index is 12.0. The monoisotopic (exact) mass is 267 g/mol. The molecule has 0 atom stereocenters. The number of para-hydroxylation sites is 1. The molecule has 2 aromatic rings. The standard InChI is InChI=1S/C12H11F2N3O2/c13-12(14)19-7-8-6-17(16-10(8)11(15)18)9-4-2-1-3-5-9/h1-6,12H,7H2,(H2,15,18). The van der Waals surface area contributed by atoms with Crippen LogP contribution < -0.4 is 5.73 Å². The van der Waals surface area contributed by atoms with E-state index in [9.17, 15) is 13.6 Å². The molecule has 0 fully saturated rings. The molecule has 1 amide bonds. The molecule has 5 nitrogen and oxygen atoms in total. The second-order valence-electron chi connectivity index (χ2n) is 3.72. The number of hydrogen-bond acceptors (Lipinski definition) is 3. The van der Waals surface area contributed by atoms with Gasteiger partial charge < -0.3 is 10.5 Å². The molecule has 0 aliphatic carbocycles. The van der Waals surface area contributed by atoms with Crippen molar-refractivity contribution in [3.05, 3.63) is 47.8 Å². The Bertz CT molecular complexity index is 570. The Morgan fingerprint density at radius 2 is 2.05 bits per heavy atom. The highest BCUT2D eigenvalue weighted by Gasteiger charge is 2.16. The van der Waals surface area contributed by atoms with E-state index in [1.807, 2.05) is 6.07 Å². The highest BCUT2D eigenvalue weighted by molar-refractivity contribution is 5.92. The molecule has 1 heterocycles. The van der Waals surface area contributed by atoms with Crippen LogP contribution in [0.4, 0.5) is 8.78 Å². The van der Waals surface area contributed by atoms with Crippen molar-refractivity contribution in [2.24, 2.45) is 5.73 Å². The number of carbonyl (C=O) groups is 1. The summed E-state index contributed by atoms with van der Waals surface area (Å²) in [6, 6.07) is 8.92. The minimum atomic E-state index is -2.92. The molecular weight excluding hydrogens is 256 g/mol. The number of ether oxygens (including phenoxy) is 1. The Labute approximate surface area is 107 Å². The van der Waals surface area contributed by atoms with Crippen LogP contribution in [0.3, 0.4) is 0 Å². The van der Waals surface area contributed by atoms with Crippen LogP contribution in [0, 0.1) is 0 Å². The van der Waals surface area contributed by atoms with Crippen molar-refractivity contribution in [1.29, 1.82) is 0 Å². The summed E-state index contributed by atoms with van der Waals surface area (Å²) in [5, 5.41) is 3.98. The van der Waals surface area contributed by atoms with E-state index in [0.717, 1.165) is 0 Å². The van der Waals surface area contributed by atoms with E-state index in [2.05, 4.69) is 9.84 Å². The highest BCUT2D eigenvalue weighted by atomic mass is 19.3. The molecule has 19 heavy (non-hydrogen) atoms. The lowest BCUT2D eigenvalue weighted by Crippen LogP contribution is -2.15. The van der Waals surface area contributed by atoms with Crippen molar-refractivity contribution in [3.8, 4) is 5.69 Å². The zero-order valence-corrected chi connectivity index (χ0v) is 9.79. The second kappa shape index (κ2) is 5.57. The summed E-state index contributed by atoms with van der Waals surface area (Å²) in [6.45, 7) is -3.34. The largest absolute Gasteiger partial charge is 0.364 e. The fraction of sp³-hybridized carbons (Fsp3) is 0.167. The van der Waals surface area contributed by atoms with E-state index >= 15 is 0 Å². The predicted molar refractivity (Wildman–Crippen MR) is 62.9 cm³/mol. The molecule has 0 radical (unpaired) electrons. The molecule has 0 saturated carbocycles. The molecule has 0 aliphatic rings. The molecule has 1 aromatic carbocycles. The van der Waals surface area contributed by atoms with Crippen molar-refractivity contribution in [3.63, 3.8) is 0 Å². The van der Waals surface area contributed by atoms with E-state index in [1.54, 1.807) is 24.3 Å². The number of halogens is 2. The van der Waals surface area contributed by atoms with Gasteiger partial charge in [-0.1, -0.05) is 18.2 Å². The first-order valence-corrected chi connectivity index (χ1v) is 5.41. The van der Waals surface area contributed by atoms with Gasteiger partial charge >= 0.3 is 6.61 Å². The van der Waals surface area contributed by atoms with Crippen molar-refractivity contribution >= 4 is 5.91 Å². The fourth-order valence-corrected chi connectivity index (χ4v) is 1.59. The number of benzene rings is 1. The van der Waals surface area contributed by atoms with Gasteiger partial charge in [0, 0.05) is 11.8 Å². The smallest absolute Gasteiger partial charge is 0.345 e. The predicted octanol–water partition coefficient (Wildman–Crippen LogP) is 1.71. The van der Waals surface area contributed by atoms with Crippen LogP contribution in [0.25, 0.3) is 5.69 Å². The summed E-state index contributed by atoms with van der Waals surface area (Å²) in [5.41, 5.74) is 5.98. The van der Waals surface area contributed by atoms with Crippen LogP contribution in [0.15, 0.2) is 36.5 Å². The van der Waals surface area contributed by atoms with Gasteiger partial charge in [-0.15, -0.1) is 0 Å². The molecule has 7 heteroatoms. The Morgan fingerprint density at radius 3 is 2.63 bits per heavy atom. The molecule has 100 valence electrons. The van der Waals surface area contributed by atoms with E-state index in [1.165, 1.54) is 10.9 Å². The first kappa shape index (κ1) is 13.2. The first-order valence-electron chi connectivity index (χ1n) is 5.41. The maximum absolute atomic E-state index is 12.0. The number of hydrogen-bond donors (Lipinski definition) is 1. The summed E-state index contributed by atoms with van der Waals surface area (Å²) in [6.07, 6.45) is 1.44. The maximum Gasteiger partial charge on any atom is 0.345 e. The van der Waals surface area contributed by atoms with Gasteiger partial charge in [-0.3, -0.25) is 4.79 Å². The summed E-state index contributed by atoms with van der Waals surface area (Å²) < 4.78 is 29.6. The van der Waals surface area contributed by atoms with Crippen LogP contribution in [-0.4, -0.2) is 22.3 Å². The number of rotatable bonds is 5. The summed E-state index contributed by atoms with van der Waals surface area (Å²) in [4.78, 5) is 11.2. The van der Waals surface area contributed by atoms with Crippen LogP contribution in [-0.2, 0) is 11.3 Å². The van der Waals surface area contributed by atoms with Gasteiger partial charge in [0.2, 0.25) is 0 Å². The fourth-order valence-electron chi connectivity index (χ4n) is 1.59. The molecule has 2 rings (SSSR count). The van der Waals surface area contributed by atoms with Gasteiger partial charge in [-0.25, -0.2) is 4.68 Å². The van der Waals surface area contributed by atoms with Crippen LogP contribution in [0.1, 0.15) is 16.1 Å². The Hall–Kier alpha value is -2.28.